The van der Waals surface area contributed by atoms with Gasteiger partial charge < -0.3 is 20.1 Å². The maximum absolute atomic E-state index is 12.5. The second-order valence-electron chi connectivity index (χ2n) is 5.64. The van der Waals surface area contributed by atoms with Gasteiger partial charge in [0.25, 0.3) is 5.91 Å². The fourth-order valence-corrected chi connectivity index (χ4v) is 2.64. The van der Waals surface area contributed by atoms with Crippen LogP contribution >= 0.6 is 12.4 Å². The highest BCUT2D eigenvalue weighted by Gasteiger charge is 2.39. The van der Waals surface area contributed by atoms with Crippen molar-refractivity contribution in [3.05, 3.63) is 29.8 Å². The molecule has 0 radical (unpaired) electrons. The van der Waals surface area contributed by atoms with Crippen molar-refractivity contribution in [3.8, 4) is 5.75 Å². The van der Waals surface area contributed by atoms with Gasteiger partial charge in [0, 0.05) is 19.2 Å². The number of halogens is 4. The maximum atomic E-state index is 12.5. The molecule has 9 heteroatoms. The van der Waals surface area contributed by atoms with Crippen LogP contribution in [0.25, 0.3) is 0 Å². The van der Waals surface area contributed by atoms with Crippen LogP contribution in [0.5, 0.6) is 5.75 Å². The van der Waals surface area contributed by atoms with E-state index in [1.54, 1.807) is 18.2 Å². The first kappa shape index (κ1) is 21.5. The Balaban J connectivity index is 0.00000312. The van der Waals surface area contributed by atoms with Crippen LogP contribution < -0.4 is 15.4 Å². The van der Waals surface area contributed by atoms with Crippen molar-refractivity contribution >= 4 is 18.3 Å². The minimum atomic E-state index is -4.41. The summed E-state index contributed by atoms with van der Waals surface area (Å²) in [6, 6.07) is 6.33. The monoisotopic (exact) mass is 382 g/mol. The highest BCUT2D eigenvalue weighted by Crippen LogP contribution is 2.24. The molecule has 0 atom stereocenters. The molecule has 1 aromatic rings. The number of piperidine rings is 1. The topological polar surface area (TPSA) is 59.6 Å². The third kappa shape index (κ3) is 6.05. The normalized spacial score (nSPS) is 16.6. The minimum absolute atomic E-state index is 0. The molecule has 5 nitrogen and oxygen atoms in total. The molecule has 0 aliphatic carbocycles. The van der Waals surface area contributed by atoms with E-state index in [4.69, 9.17) is 9.47 Å². The van der Waals surface area contributed by atoms with Crippen LogP contribution in [-0.2, 0) is 16.1 Å². The summed E-state index contributed by atoms with van der Waals surface area (Å²) in [6.07, 6.45) is -3.32. The van der Waals surface area contributed by atoms with E-state index in [0.717, 1.165) is 0 Å². The van der Waals surface area contributed by atoms with Gasteiger partial charge in [-0.25, -0.2) is 0 Å². The molecule has 0 unspecified atom stereocenters. The Morgan fingerprint density at radius 1 is 1.28 bits per heavy atom. The lowest BCUT2D eigenvalue weighted by atomic mass is 9.91. The molecule has 2 rings (SSSR count). The predicted octanol–water partition coefficient (Wildman–Crippen LogP) is 2.43. The van der Waals surface area contributed by atoms with E-state index < -0.39 is 18.4 Å². The molecule has 0 saturated carbocycles. The number of hydrogen-bond acceptors (Lipinski definition) is 4. The number of methoxy groups -OCH3 is 1. The third-order valence-corrected chi connectivity index (χ3v) is 4.02. The van der Waals surface area contributed by atoms with E-state index in [1.807, 2.05) is 0 Å². The number of para-hydroxylation sites is 1. The van der Waals surface area contributed by atoms with Crippen LogP contribution in [0.4, 0.5) is 13.2 Å². The fourth-order valence-electron chi connectivity index (χ4n) is 2.64. The van der Waals surface area contributed by atoms with Crippen LogP contribution in [0.15, 0.2) is 24.3 Å². The Labute approximate surface area is 150 Å². The first-order valence-corrected chi connectivity index (χ1v) is 7.68. The molecule has 2 N–H and O–H groups in total. The predicted molar refractivity (Wildman–Crippen MR) is 88.9 cm³/mol. The van der Waals surface area contributed by atoms with Gasteiger partial charge in [-0.05, 0) is 32.0 Å². The molecule has 1 aromatic carbocycles. The zero-order valence-electron chi connectivity index (χ0n) is 13.8. The number of nitrogens with one attached hydrogen (secondary N) is 2. The molecule has 0 spiro atoms. The largest absolute Gasteiger partial charge is 0.484 e. The van der Waals surface area contributed by atoms with Crippen LogP contribution in [0.3, 0.4) is 0 Å². The number of carbonyl (C=O) groups excluding carboxylic acids is 1. The van der Waals surface area contributed by atoms with Gasteiger partial charge in [-0.15, -0.1) is 12.4 Å². The Morgan fingerprint density at radius 2 is 1.92 bits per heavy atom. The lowest BCUT2D eigenvalue weighted by Gasteiger charge is -2.34. The molecule has 25 heavy (non-hydrogen) atoms. The summed E-state index contributed by atoms with van der Waals surface area (Å²) in [5, 5.41) is 5.90. The summed E-state index contributed by atoms with van der Waals surface area (Å²) in [6.45, 7) is 0.0517. The van der Waals surface area contributed by atoms with E-state index >= 15 is 0 Å². The second kappa shape index (κ2) is 9.26. The standard InChI is InChI=1S/C16H21F3N2O3.ClH/c1-23-15(6-8-20-9-7-15)14(22)21-10-12-4-2-3-5-13(12)24-11-16(17,18)19;/h2-5,20H,6-11H2,1H3,(H,21,22);1H. The van der Waals surface area contributed by atoms with Crippen molar-refractivity contribution in [1.29, 1.82) is 0 Å². The number of rotatable bonds is 6. The first-order valence-electron chi connectivity index (χ1n) is 7.68. The molecular weight excluding hydrogens is 361 g/mol. The van der Waals surface area contributed by atoms with Gasteiger partial charge >= 0.3 is 6.18 Å². The fraction of sp³-hybridized carbons (Fsp3) is 0.562. The van der Waals surface area contributed by atoms with Crippen molar-refractivity contribution in [2.45, 2.75) is 31.2 Å². The highest BCUT2D eigenvalue weighted by atomic mass is 35.5. The SMILES string of the molecule is COC1(C(=O)NCc2ccccc2OCC(F)(F)F)CCNCC1.Cl. The van der Waals surface area contributed by atoms with Crippen LogP contribution in [0.2, 0.25) is 0 Å². The summed E-state index contributed by atoms with van der Waals surface area (Å²) >= 11 is 0. The molecule has 0 bridgehead atoms. The molecule has 1 saturated heterocycles. The summed E-state index contributed by atoms with van der Waals surface area (Å²) in [4.78, 5) is 12.5. The number of carbonyl (C=O) groups is 1. The molecule has 0 aromatic heterocycles. The molecular formula is C16H22ClF3N2O3. The Bertz CT molecular complexity index is 564. The minimum Gasteiger partial charge on any atom is -0.484 e. The zero-order valence-corrected chi connectivity index (χ0v) is 14.6. The molecule has 1 amide bonds. The Morgan fingerprint density at radius 3 is 2.52 bits per heavy atom. The van der Waals surface area contributed by atoms with Gasteiger partial charge in [0.15, 0.2) is 6.61 Å². The smallest absolute Gasteiger partial charge is 0.422 e. The quantitative estimate of drug-likeness (QED) is 0.793. The second-order valence-corrected chi connectivity index (χ2v) is 5.64. The van der Waals surface area contributed by atoms with E-state index in [-0.39, 0.29) is 30.6 Å². The molecule has 1 aliphatic heterocycles. The lowest BCUT2D eigenvalue weighted by molar-refractivity contribution is -0.153. The number of benzene rings is 1. The van der Waals surface area contributed by atoms with Gasteiger partial charge in [0.2, 0.25) is 0 Å². The summed E-state index contributed by atoms with van der Waals surface area (Å²) < 4.78 is 47.2. The number of amides is 1. The van der Waals surface area contributed by atoms with Gasteiger partial charge in [0.1, 0.15) is 11.4 Å². The molecule has 1 heterocycles. The third-order valence-electron chi connectivity index (χ3n) is 4.02. The van der Waals surface area contributed by atoms with Gasteiger partial charge in [-0.3, -0.25) is 4.79 Å². The van der Waals surface area contributed by atoms with E-state index in [2.05, 4.69) is 10.6 Å². The van der Waals surface area contributed by atoms with Crippen LogP contribution in [0, 0.1) is 0 Å². The highest BCUT2D eigenvalue weighted by molar-refractivity contribution is 5.85. The number of ether oxygens (including phenoxy) is 2. The number of alkyl halides is 3. The summed E-state index contributed by atoms with van der Waals surface area (Å²) in [5.41, 5.74) is -0.414. The Kier molecular flexibility index (Phi) is 7.98. The summed E-state index contributed by atoms with van der Waals surface area (Å²) in [5.74, 6) is -0.163. The lowest BCUT2D eigenvalue weighted by Crippen LogP contribution is -2.53. The molecule has 142 valence electrons. The average molecular weight is 383 g/mol. The maximum Gasteiger partial charge on any atom is 0.422 e. The van der Waals surface area contributed by atoms with Gasteiger partial charge in [0.05, 0.1) is 0 Å². The van der Waals surface area contributed by atoms with E-state index in [9.17, 15) is 18.0 Å². The van der Waals surface area contributed by atoms with Crippen molar-refractivity contribution in [2.24, 2.45) is 0 Å². The van der Waals surface area contributed by atoms with Crippen LogP contribution in [0.1, 0.15) is 18.4 Å². The first-order chi connectivity index (χ1) is 11.4. The van der Waals surface area contributed by atoms with Crippen molar-refractivity contribution in [1.82, 2.24) is 10.6 Å². The average Bonchev–Trinajstić information content (AvgIpc) is 2.58. The van der Waals surface area contributed by atoms with E-state index in [1.165, 1.54) is 13.2 Å². The van der Waals surface area contributed by atoms with Crippen molar-refractivity contribution < 1.29 is 27.4 Å². The molecule has 1 fully saturated rings. The molecule has 1 aliphatic rings. The van der Waals surface area contributed by atoms with Gasteiger partial charge in [-0.1, -0.05) is 18.2 Å². The summed E-state index contributed by atoms with van der Waals surface area (Å²) in [7, 11) is 1.49. The van der Waals surface area contributed by atoms with Gasteiger partial charge in [-0.2, -0.15) is 13.2 Å². The van der Waals surface area contributed by atoms with Crippen LogP contribution in [-0.4, -0.2) is 44.5 Å². The number of hydrogen-bond donors (Lipinski definition) is 2. The Hall–Kier alpha value is -1.51. The van der Waals surface area contributed by atoms with Crippen molar-refractivity contribution in [2.75, 3.05) is 26.8 Å². The van der Waals surface area contributed by atoms with Crippen molar-refractivity contribution in [3.63, 3.8) is 0 Å². The van der Waals surface area contributed by atoms with E-state index in [0.29, 0.717) is 31.5 Å². The zero-order chi connectivity index (χ0) is 17.6.